The highest BCUT2D eigenvalue weighted by molar-refractivity contribution is 7.92. The third-order valence-corrected chi connectivity index (χ3v) is 8.62. The fourth-order valence-electron chi connectivity index (χ4n) is 5.36. The van der Waals surface area contributed by atoms with E-state index >= 15 is 0 Å². The van der Waals surface area contributed by atoms with Crippen LogP contribution >= 0.6 is 0 Å². The molecule has 2 aromatic carbocycles. The maximum absolute atomic E-state index is 13.3. The van der Waals surface area contributed by atoms with E-state index in [1.807, 2.05) is 25.1 Å². The van der Waals surface area contributed by atoms with Crippen molar-refractivity contribution in [1.82, 2.24) is 15.3 Å². The Morgan fingerprint density at radius 2 is 1.87 bits per heavy atom. The van der Waals surface area contributed by atoms with Crippen LogP contribution in [0.2, 0.25) is 0 Å². The highest BCUT2D eigenvalue weighted by Crippen LogP contribution is 2.35. The minimum absolute atomic E-state index is 0.00358. The van der Waals surface area contributed by atoms with Crippen LogP contribution in [0.25, 0.3) is 11.3 Å². The molecular weight excluding hydrogens is 504 g/mol. The van der Waals surface area contributed by atoms with E-state index < -0.39 is 16.3 Å². The van der Waals surface area contributed by atoms with E-state index in [9.17, 15) is 13.5 Å². The largest absolute Gasteiger partial charge is 0.496 e. The Balaban J connectivity index is 1.58. The van der Waals surface area contributed by atoms with E-state index in [4.69, 9.17) is 9.47 Å². The third-order valence-electron chi connectivity index (χ3n) is 7.29. The molecule has 10 heteroatoms. The normalized spacial score (nSPS) is 21.7. The summed E-state index contributed by atoms with van der Waals surface area (Å²) in [5.74, 6) is 1.27. The van der Waals surface area contributed by atoms with Gasteiger partial charge in [0.25, 0.3) is 10.0 Å². The summed E-state index contributed by atoms with van der Waals surface area (Å²) in [5, 5.41) is 14.3. The van der Waals surface area contributed by atoms with E-state index in [1.54, 1.807) is 25.3 Å². The third kappa shape index (κ3) is 5.92. The molecule has 1 aromatic heterocycles. The Labute approximate surface area is 223 Å². The Kier molecular flexibility index (Phi) is 7.83. The first-order chi connectivity index (χ1) is 18.3. The van der Waals surface area contributed by atoms with Gasteiger partial charge in [0.2, 0.25) is 11.8 Å². The Hall–Kier alpha value is -3.21. The van der Waals surface area contributed by atoms with E-state index in [0.717, 1.165) is 30.4 Å². The number of ether oxygens (including phenoxy) is 2. The summed E-state index contributed by atoms with van der Waals surface area (Å²) in [6, 6.07) is 13.4. The molecule has 2 aliphatic rings. The molecule has 3 aromatic rings. The lowest BCUT2D eigenvalue weighted by molar-refractivity contribution is 0.0966. The van der Waals surface area contributed by atoms with Crippen LogP contribution in [0.4, 0.5) is 5.95 Å². The van der Waals surface area contributed by atoms with E-state index in [2.05, 4.69) is 20.0 Å². The van der Waals surface area contributed by atoms with E-state index in [1.165, 1.54) is 31.4 Å². The van der Waals surface area contributed by atoms with Gasteiger partial charge in [0.05, 0.1) is 17.7 Å². The van der Waals surface area contributed by atoms with Crippen molar-refractivity contribution in [2.45, 2.75) is 62.6 Å². The van der Waals surface area contributed by atoms with Crippen molar-refractivity contribution >= 4 is 16.0 Å². The summed E-state index contributed by atoms with van der Waals surface area (Å²) in [4.78, 5) is 8.92. The molecule has 38 heavy (non-hydrogen) atoms. The molecule has 3 N–H and O–H groups in total. The van der Waals surface area contributed by atoms with Gasteiger partial charge in [0.15, 0.2) is 0 Å². The molecule has 0 spiro atoms. The minimum Gasteiger partial charge on any atom is -0.496 e. The summed E-state index contributed by atoms with van der Waals surface area (Å²) in [6.07, 6.45) is 5.78. The van der Waals surface area contributed by atoms with Gasteiger partial charge < -0.3 is 14.6 Å². The van der Waals surface area contributed by atoms with Crippen LogP contribution in [0.1, 0.15) is 55.9 Å². The Morgan fingerprint density at radius 1 is 1.08 bits per heavy atom. The highest BCUT2D eigenvalue weighted by atomic mass is 32.2. The van der Waals surface area contributed by atoms with Gasteiger partial charge in [-0.2, -0.15) is 4.98 Å². The SMILES string of the molecule is COc1cccc(C)c1-c1cc2nc(n1)NS(=O)(=O)c1cccc(c1)C(O)N[C@H](CC1CCCCC1)CO2. The number of methoxy groups -OCH3 is 1. The maximum atomic E-state index is 13.3. The number of fused-ring (bicyclic) bond motifs is 4. The molecule has 0 saturated heterocycles. The molecule has 5 rings (SSSR count). The quantitative estimate of drug-likeness (QED) is 0.441. The monoisotopic (exact) mass is 538 g/mol. The maximum Gasteiger partial charge on any atom is 0.264 e. The van der Waals surface area contributed by atoms with Gasteiger partial charge in [0, 0.05) is 17.7 Å². The number of aromatic nitrogens is 2. The van der Waals surface area contributed by atoms with Gasteiger partial charge in [-0.1, -0.05) is 56.4 Å². The lowest BCUT2D eigenvalue weighted by Crippen LogP contribution is -2.39. The average molecular weight is 539 g/mol. The molecule has 1 unspecified atom stereocenters. The Bertz CT molecular complexity index is 1390. The highest BCUT2D eigenvalue weighted by Gasteiger charge is 2.25. The second kappa shape index (κ2) is 11.3. The number of nitrogens with zero attached hydrogens (tertiary/aromatic N) is 2. The summed E-state index contributed by atoms with van der Waals surface area (Å²) in [6.45, 7) is 2.19. The number of rotatable bonds is 4. The van der Waals surface area contributed by atoms with Crippen molar-refractivity contribution < 1.29 is 23.0 Å². The predicted molar refractivity (Wildman–Crippen MR) is 145 cm³/mol. The second-order valence-corrected chi connectivity index (χ2v) is 11.7. The molecule has 2 heterocycles. The van der Waals surface area contributed by atoms with Crippen LogP contribution in [-0.2, 0) is 10.0 Å². The van der Waals surface area contributed by atoms with Crippen LogP contribution in [0, 0.1) is 12.8 Å². The van der Waals surface area contributed by atoms with Crippen LogP contribution in [0.3, 0.4) is 0 Å². The number of aliphatic hydroxyl groups excluding tert-OH is 1. The van der Waals surface area contributed by atoms with Crippen molar-refractivity contribution in [2.24, 2.45) is 5.92 Å². The molecule has 1 aliphatic carbocycles. The number of aryl methyl sites for hydroxylation is 1. The summed E-state index contributed by atoms with van der Waals surface area (Å²) < 4.78 is 40.8. The number of benzene rings is 2. The lowest BCUT2D eigenvalue weighted by Gasteiger charge is -2.29. The molecule has 1 saturated carbocycles. The summed E-state index contributed by atoms with van der Waals surface area (Å²) in [7, 11) is -2.46. The number of nitrogens with one attached hydrogen (secondary N) is 2. The fourth-order valence-corrected chi connectivity index (χ4v) is 6.36. The average Bonchev–Trinajstić information content (AvgIpc) is 2.91. The van der Waals surface area contributed by atoms with Gasteiger partial charge in [-0.05, 0) is 48.6 Å². The van der Waals surface area contributed by atoms with Crippen LogP contribution in [0.15, 0.2) is 53.4 Å². The number of hydrogen-bond donors (Lipinski definition) is 3. The van der Waals surface area contributed by atoms with Crippen LogP contribution in [0.5, 0.6) is 11.6 Å². The van der Waals surface area contributed by atoms with Crippen molar-refractivity contribution in [2.75, 3.05) is 18.4 Å². The molecule has 1 fully saturated rings. The minimum atomic E-state index is -4.04. The van der Waals surface area contributed by atoms with E-state index in [-0.39, 0.29) is 29.4 Å². The van der Waals surface area contributed by atoms with E-state index in [0.29, 0.717) is 22.9 Å². The molecular formula is C28H34N4O5S. The first kappa shape index (κ1) is 26.4. The van der Waals surface area contributed by atoms with Crippen molar-refractivity contribution in [3.8, 4) is 22.9 Å². The van der Waals surface area contributed by atoms with Gasteiger partial charge in [-0.15, -0.1) is 0 Å². The van der Waals surface area contributed by atoms with Crippen molar-refractivity contribution in [1.29, 1.82) is 0 Å². The summed E-state index contributed by atoms with van der Waals surface area (Å²) in [5.41, 5.74) is 2.57. The molecule has 9 nitrogen and oxygen atoms in total. The smallest absolute Gasteiger partial charge is 0.264 e. The van der Waals surface area contributed by atoms with Crippen LogP contribution < -0.4 is 19.5 Å². The fraction of sp³-hybridized carbons (Fsp3) is 0.429. The molecule has 4 bridgehead atoms. The Morgan fingerprint density at radius 3 is 2.66 bits per heavy atom. The number of hydrogen-bond acceptors (Lipinski definition) is 8. The topological polar surface area (TPSA) is 123 Å². The molecule has 0 radical (unpaired) electrons. The number of aliphatic hydroxyl groups is 1. The molecule has 202 valence electrons. The molecule has 0 amide bonds. The van der Waals surface area contributed by atoms with Gasteiger partial charge in [0.1, 0.15) is 18.6 Å². The zero-order chi connectivity index (χ0) is 26.7. The van der Waals surface area contributed by atoms with Crippen molar-refractivity contribution in [3.63, 3.8) is 0 Å². The van der Waals surface area contributed by atoms with Gasteiger partial charge >= 0.3 is 0 Å². The number of anilines is 1. The van der Waals surface area contributed by atoms with Crippen molar-refractivity contribution in [3.05, 3.63) is 59.7 Å². The zero-order valence-electron chi connectivity index (χ0n) is 21.7. The van der Waals surface area contributed by atoms with Crippen LogP contribution in [-0.4, -0.2) is 43.3 Å². The second-order valence-electron chi connectivity index (χ2n) is 10.1. The van der Waals surface area contributed by atoms with Gasteiger partial charge in [-0.25, -0.2) is 18.1 Å². The van der Waals surface area contributed by atoms with Gasteiger partial charge in [-0.3, -0.25) is 5.32 Å². The first-order valence-corrected chi connectivity index (χ1v) is 14.5. The lowest BCUT2D eigenvalue weighted by atomic mass is 9.85. The molecule has 1 aliphatic heterocycles. The molecule has 2 atom stereocenters. The predicted octanol–water partition coefficient (Wildman–Crippen LogP) is 4.57. The number of sulfonamides is 1. The standard InChI is InChI=1S/C28H34N4O5S/c1-18-8-6-13-24(36-2)26(18)23-16-25-31-28(30-23)32-38(34,35)22-12-7-11-20(15-22)27(33)29-21(17-37-25)14-19-9-4-3-5-10-19/h6-8,11-13,15-16,19,21,27,29,33H,3-5,9-10,14,17H2,1-2H3,(H,30,31,32)/t21-,27?/m1/s1. The first-order valence-electron chi connectivity index (χ1n) is 13.0. The summed E-state index contributed by atoms with van der Waals surface area (Å²) >= 11 is 0. The zero-order valence-corrected chi connectivity index (χ0v) is 22.5.